The van der Waals surface area contributed by atoms with Crippen molar-refractivity contribution < 1.29 is 9.59 Å². The van der Waals surface area contributed by atoms with Gasteiger partial charge in [0.15, 0.2) is 0 Å². The second-order valence-corrected chi connectivity index (χ2v) is 6.31. The van der Waals surface area contributed by atoms with Crippen molar-refractivity contribution in [1.82, 2.24) is 20.2 Å². The minimum atomic E-state index is -0.178. The van der Waals surface area contributed by atoms with Crippen molar-refractivity contribution in [3.63, 3.8) is 0 Å². The molecule has 0 fully saturated rings. The van der Waals surface area contributed by atoms with Crippen LogP contribution in [0.5, 0.6) is 0 Å². The minimum Gasteiger partial charge on any atom is -0.354 e. The van der Waals surface area contributed by atoms with Gasteiger partial charge in [0.25, 0.3) is 5.91 Å². The van der Waals surface area contributed by atoms with Gasteiger partial charge < -0.3 is 10.2 Å². The number of carbonyl (C=O) groups is 2. The lowest BCUT2D eigenvalue weighted by Gasteiger charge is -2.24. The average Bonchev–Trinajstić information content (AvgIpc) is 2.51. The number of hydrogen-bond acceptors (Lipinski definition) is 4. The van der Waals surface area contributed by atoms with Crippen LogP contribution < -0.4 is 5.32 Å². The first-order chi connectivity index (χ1) is 10.8. The molecule has 1 unspecified atom stereocenters. The Morgan fingerprint density at radius 3 is 2.43 bits per heavy atom. The van der Waals surface area contributed by atoms with E-state index in [0.717, 1.165) is 12.1 Å². The van der Waals surface area contributed by atoms with E-state index in [9.17, 15) is 9.59 Å². The van der Waals surface area contributed by atoms with Crippen molar-refractivity contribution in [2.75, 3.05) is 13.1 Å². The van der Waals surface area contributed by atoms with Crippen LogP contribution in [0.1, 0.15) is 56.7 Å². The van der Waals surface area contributed by atoms with Crippen LogP contribution in [0.3, 0.4) is 0 Å². The standard InChI is InChI=1S/C17H28N4O2/c1-6-13(4)20-16(22)7-8-21(11-12(2)3)17(23)15-10-18-14(5)9-19-15/h9-10,12-13H,6-8,11H2,1-5H3,(H,20,22). The first kappa shape index (κ1) is 19.1. The molecular formula is C17H28N4O2. The summed E-state index contributed by atoms with van der Waals surface area (Å²) in [5, 5.41) is 2.92. The van der Waals surface area contributed by atoms with Crippen molar-refractivity contribution in [3.8, 4) is 0 Å². The van der Waals surface area contributed by atoms with Gasteiger partial charge in [0, 0.05) is 31.7 Å². The van der Waals surface area contributed by atoms with Gasteiger partial charge in [0.1, 0.15) is 5.69 Å². The maximum absolute atomic E-state index is 12.6. The molecule has 1 N–H and O–H groups in total. The van der Waals surface area contributed by atoms with E-state index in [4.69, 9.17) is 0 Å². The van der Waals surface area contributed by atoms with E-state index in [1.165, 1.54) is 6.20 Å². The molecule has 1 heterocycles. The molecule has 0 aromatic carbocycles. The lowest BCUT2D eigenvalue weighted by molar-refractivity contribution is -0.121. The Balaban J connectivity index is 2.70. The summed E-state index contributed by atoms with van der Waals surface area (Å²) in [5.74, 6) is 0.105. The highest BCUT2D eigenvalue weighted by atomic mass is 16.2. The van der Waals surface area contributed by atoms with Crippen LogP contribution in [0, 0.1) is 12.8 Å². The highest BCUT2D eigenvalue weighted by Crippen LogP contribution is 2.07. The SMILES string of the molecule is CCC(C)NC(=O)CCN(CC(C)C)C(=O)c1cnc(C)cn1. The van der Waals surface area contributed by atoms with Gasteiger partial charge in [-0.25, -0.2) is 4.98 Å². The summed E-state index contributed by atoms with van der Waals surface area (Å²) in [7, 11) is 0. The van der Waals surface area contributed by atoms with Crippen molar-refractivity contribution in [1.29, 1.82) is 0 Å². The van der Waals surface area contributed by atoms with Gasteiger partial charge in [0.05, 0.1) is 11.9 Å². The third-order valence-electron chi connectivity index (χ3n) is 3.50. The molecule has 1 rings (SSSR count). The zero-order chi connectivity index (χ0) is 17.4. The van der Waals surface area contributed by atoms with Crippen LogP contribution in [0.15, 0.2) is 12.4 Å². The van der Waals surface area contributed by atoms with Gasteiger partial charge in [-0.15, -0.1) is 0 Å². The number of rotatable bonds is 8. The summed E-state index contributed by atoms with van der Waals surface area (Å²) in [6, 6.07) is 0.153. The second kappa shape index (κ2) is 9.22. The first-order valence-corrected chi connectivity index (χ1v) is 8.20. The molecule has 1 aromatic heterocycles. The maximum Gasteiger partial charge on any atom is 0.274 e. The molecule has 1 atom stereocenters. The number of aryl methyl sites for hydroxylation is 1. The molecule has 6 heteroatoms. The first-order valence-electron chi connectivity index (χ1n) is 8.20. The quantitative estimate of drug-likeness (QED) is 0.796. The Kier molecular flexibility index (Phi) is 7.65. The van der Waals surface area contributed by atoms with Crippen LogP contribution in [-0.2, 0) is 4.79 Å². The molecule has 0 aliphatic rings. The fourth-order valence-electron chi connectivity index (χ4n) is 2.07. The summed E-state index contributed by atoms with van der Waals surface area (Å²) < 4.78 is 0. The molecule has 0 bridgehead atoms. The van der Waals surface area contributed by atoms with Crippen LogP contribution >= 0.6 is 0 Å². The van der Waals surface area contributed by atoms with Gasteiger partial charge in [-0.3, -0.25) is 14.6 Å². The molecule has 6 nitrogen and oxygen atoms in total. The van der Waals surface area contributed by atoms with Crippen molar-refractivity contribution in [2.45, 2.75) is 53.5 Å². The molecule has 2 amide bonds. The summed E-state index contributed by atoms with van der Waals surface area (Å²) in [6.45, 7) is 10.9. The van der Waals surface area contributed by atoms with E-state index in [2.05, 4.69) is 15.3 Å². The lowest BCUT2D eigenvalue weighted by Crippen LogP contribution is -2.39. The average molecular weight is 320 g/mol. The number of carbonyl (C=O) groups excluding carboxylic acids is 2. The van der Waals surface area contributed by atoms with E-state index < -0.39 is 0 Å². The molecule has 128 valence electrons. The van der Waals surface area contributed by atoms with Gasteiger partial charge in [-0.05, 0) is 26.2 Å². The number of nitrogens with zero attached hydrogens (tertiary/aromatic N) is 3. The van der Waals surface area contributed by atoms with E-state index in [0.29, 0.717) is 31.1 Å². The Morgan fingerprint density at radius 2 is 1.91 bits per heavy atom. The summed E-state index contributed by atoms with van der Waals surface area (Å²) in [4.78, 5) is 34.4. The smallest absolute Gasteiger partial charge is 0.274 e. The van der Waals surface area contributed by atoms with Crippen molar-refractivity contribution in [2.24, 2.45) is 5.92 Å². The van der Waals surface area contributed by atoms with Gasteiger partial charge in [-0.1, -0.05) is 20.8 Å². The van der Waals surface area contributed by atoms with Crippen molar-refractivity contribution >= 4 is 11.8 Å². The summed E-state index contributed by atoms with van der Waals surface area (Å²) >= 11 is 0. The molecular weight excluding hydrogens is 292 g/mol. The molecule has 0 spiro atoms. The Hall–Kier alpha value is -1.98. The fraction of sp³-hybridized carbons (Fsp3) is 0.647. The van der Waals surface area contributed by atoms with E-state index in [1.54, 1.807) is 11.1 Å². The minimum absolute atomic E-state index is 0.0316. The predicted molar refractivity (Wildman–Crippen MR) is 90.0 cm³/mol. The molecule has 0 radical (unpaired) electrons. The Bertz CT molecular complexity index is 514. The summed E-state index contributed by atoms with van der Waals surface area (Å²) in [5.41, 5.74) is 1.09. The third kappa shape index (κ3) is 6.76. The lowest BCUT2D eigenvalue weighted by atomic mass is 10.2. The molecule has 0 aliphatic heterocycles. The highest BCUT2D eigenvalue weighted by molar-refractivity contribution is 5.92. The van der Waals surface area contributed by atoms with Crippen LogP contribution in [-0.4, -0.2) is 45.8 Å². The monoisotopic (exact) mass is 320 g/mol. The maximum atomic E-state index is 12.6. The predicted octanol–water partition coefficient (Wildman–Crippen LogP) is 2.19. The van der Waals surface area contributed by atoms with E-state index in [1.807, 2.05) is 34.6 Å². The number of hydrogen-bond donors (Lipinski definition) is 1. The normalized spacial score (nSPS) is 12.1. The Morgan fingerprint density at radius 1 is 1.22 bits per heavy atom. The third-order valence-corrected chi connectivity index (χ3v) is 3.50. The molecule has 0 aliphatic carbocycles. The zero-order valence-electron chi connectivity index (χ0n) is 14.8. The largest absolute Gasteiger partial charge is 0.354 e. The molecule has 0 saturated heterocycles. The van der Waals surface area contributed by atoms with Crippen LogP contribution in [0.4, 0.5) is 0 Å². The Labute approximate surface area is 138 Å². The van der Waals surface area contributed by atoms with Gasteiger partial charge in [0.2, 0.25) is 5.91 Å². The molecule has 0 saturated carbocycles. The van der Waals surface area contributed by atoms with Crippen LogP contribution in [0.2, 0.25) is 0 Å². The van der Waals surface area contributed by atoms with Gasteiger partial charge >= 0.3 is 0 Å². The zero-order valence-corrected chi connectivity index (χ0v) is 14.8. The topological polar surface area (TPSA) is 75.2 Å². The van der Waals surface area contributed by atoms with Crippen LogP contribution in [0.25, 0.3) is 0 Å². The second-order valence-electron chi connectivity index (χ2n) is 6.31. The summed E-state index contributed by atoms with van der Waals surface area (Å²) in [6.07, 6.45) is 4.25. The fourth-order valence-corrected chi connectivity index (χ4v) is 2.07. The van der Waals surface area contributed by atoms with E-state index in [-0.39, 0.29) is 17.9 Å². The van der Waals surface area contributed by atoms with E-state index >= 15 is 0 Å². The molecule has 1 aromatic rings. The van der Waals surface area contributed by atoms with Gasteiger partial charge in [-0.2, -0.15) is 0 Å². The molecule has 23 heavy (non-hydrogen) atoms. The number of nitrogens with one attached hydrogen (secondary N) is 1. The van der Waals surface area contributed by atoms with Crippen molar-refractivity contribution in [3.05, 3.63) is 23.8 Å². The number of aromatic nitrogens is 2. The highest BCUT2D eigenvalue weighted by Gasteiger charge is 2.19. The number of amides is 2.